The van der Waals surface area contributed by atoms with E-state index in [4.69, 9.17) is 16.3 Å². The van der Waals surface area contributed by atoms with Crippen molar-refractivity contribution in [2.24, 2.45) is 0 Å². The van der Waals surface area contributed by atoms with Gasteiger partial charge in [0.25, 0.3) is 0 Å². The van der Waals surface area contributed by atoms with Gasteiger partial charge in [-0.05, 0) is 20.5 Å². The average Bonchev–Trinajstić information content (AvgIpc) is 2.74. The van der Waals surface area contributed by atoms with E-state index in [0.29, 0.717) is 23.7 Å². The minimum absolute atomic E-state index is 0.0920. The van der Waals surface area contributed by atoms with Crippen molar-refractivity contribution in [2.45, 2.75) is 32.4 Å². The Morgan fingerprint density at radius 3 is 2.79 bits per heavy atom. The molecule has 6 heteroatoms. The highest BCUT2D eigenvalue weighted by Crippen LogP contribution is 2.19. The molecule has 0 radical (unpaired) electrons. The second-order valence-electron chi connectivity index (χ2n) is 4.74. The fourth-order valence-electron chi connectivity index (χ4n) is 1.84. The number of ether oxygens (including phenoxy) is 1. The van der Waals surface area contributed by atoms with Gasteiger partial charge in [0.1, 0.15) is 11.8 Å². The molecule has 1 rings (SSSR count). The molecule has 0 aliphatic rings. The van der Waals surface area contributed by atoms with E-state index in [9.17, 15) is 4.79 Å². The molecule has 0 bridgehead atoms. The van der Waals surface area contributed by atoms with Crippen LogP contribution in [0.1, 0.15) is 30.3 Å². The molecular weight excluding hydrogens is 266 g/mol. The number of methoxy groups -OCH3 is 1. The molecule has 0 amide bonds. The van der Waals surface area contributed by atoms with E-state index in [1.54, 1.807) is 11.8 Å². The molecule has 0 aromatic carbocycles. The van der Waals surface area contributed by atoms with Gasteiger partial charge >= 0.3 is 0 Å². The second kappa shape index (κ2) is 7.62. The van der Waals surface area contributed by atoms with E-state index < -0.39 is 6.10 Å². The molecule has 1 aromatic heterocycles. The first-order valence-corrected chi connectivity index (χ1v) is 6.82. The number of hydrogen-bond acceptors (Lipinski definition) is 4. The molecule has 1 atom stereocenters. The summed E-state index contributed by atoms with van der Waals surface area (Å²) in [5.74, 6) is -0.0920. The summed E-state index contributed by atoms with van der Waals surface area (Å²) in [6.45, 7) is 3.44. The fraction of sp³-hybridized carbons (Fsp3) is 0.692. The van der Waals surface area contributed by atoms with E-state index in [2.05, 4.69) is 5.10 Å². The molecule has 0 saturated carbocycles. The van der Waals surface area contributed by atoms with Gasteiger partial charge in [0.15, 0.2) is 0 Å². The number of halogens is 1. The minimum atomic E-state index is -0.447. The molecule has 0 saturated heterocycles. The normalized spacial score (nSPS) is 12.9. The molecule has 19 heavy (non-hydrogen) atoms. The van der Waals surface area contributed by atoms with Gasteiger partial charge in [0, 0.05) is 13.7 Å². The number of likely N-dealkylation sites (N-methyl/N-ethyl adjacent to an activating group) is 1. The van der Waals surface area contributed by atoms with Crippen LogP contribution in [0.3, 0.4) is 0 Å². The molecule has 0 aliphatic heterocycles. The standard InChI is InChI=1S/C13H22ClN3O2/c1-5-6-11(19-4)13(18)12-10(14)9-15-17(12)8-7-16(2)3/h9,11H,5-8H2,1-4H3. The zero-order chi connectivity index (χ0) is 14.4. The zero-order valence-electron chi connectivity index (χ0n) is 12.0. The predicted octanol–water partition coefficient (Wildman–Crippen LogP) is 2.10. The van der Waals surface area contributed by atoms with E-state index in [0.717, 1.165) is 13.0 Å². The lowest BCUT2D eigenvalue weighted by atomic mass is 10.1. The molecule has 0 fully saturated rings. The largest absolute Gasteiger partial charge is 0.373 e. The minimum Gasteiger partial charge on any atom is -0.373 e. The van der Waals surface area contributed by atoms with Gasteiger partial charge < -0.3 is 9.64 Å². The Bertz CT molecular complexity index is 418. The number of ketones is 1. The van der Waals surface area contributed by atoms with Crippen molar-refractivity contribution < 1.29 is 9.53 Å². The summed E-state index contributed by atoms with van der Waals surface area (Å²) < 4.78 is 6.91. The third kappa shape index (κ3) is 4.30. The Labute approximate surface area is 119 Å². The first kappa shape index (κ1) is 16.1. The summed E-state index contributed by atoms with van der Waals surface area (Å²) in [6, 6.07) is 0. The highest BCUT2D eigenvalue weighted by Gasteiger charge is 2.25. The fourth-order valence-corrected chi connectivity index (χ4v) is 2.08. The van der Waals surface area contributed by atoms with Gasteiger partial charge in [-0.2, -0.15) is 5.10 Å². The highest BCUT2D eigenvalue weighted by atomic mass is 35.5. The van der Waals surface area contributed by atoms with Crippen LogP contribution in [0.4, 0.5) is 0 Å². The Kier molecular flexibility index (Phi) is 6.48. The molecular formula is C13H22ClN3O2. The number of carbonyl (C=O) groups excluding carboxylic acids is 1. The third-order valence-corrected chi connectivity index (χ3v) is 3.19. The second-order valence-corrected chi connectivity index (χ2v) is 5.15. The monoisotopic (exact) mass is 287 g/mol. The van der Waals surface area contributed by atoms with E-state index in [1.165, 1.54) is 6.20 Å². The molecule has 0 aliphatic carbocycles. The van der Waals surface area contributed by atoms with Gasteiger partial charge in [-0.3, -0.25) is 9.48 Å². The SMILES string of the molecule is CCCC(OC)C(=O)c1c(Cl)cnn1CCN(C)C. The summed E-state index contributed by atoms with van der Waals surface area (Å²) in [7, 11) is 5.50. The van der Waals surface area contributed by atoms with Crippen molar-refractivity contribution in [1.29, 1.82) is 0 Å². The molecule has 0 N–H and O–H groups in total. The Morgan fingerprint density at radius 2 is 2.26 bits per heavy atom. The van der Waals surface area contributed by atoms with Crippen molar-refractivity contribution in [2.75, 3.05) is 27.7 Å². The number of nitrogens with zero attached hydrogens (tertiary/aromatic N) is 3. The van der Waals surface area contributed by atoms with Crippen LogP contribution in [0.2, 0.25) is 5.02 Å². The van der Waals surface area contributed by atoms with Gasteiger partial charge in [-0.1, -0.05) is 24.9 Å². The molecule has 1 aromatic rings. The van der Waals surface area contributed by atoms with Crippen molar-refractivity contribution in [3.63, 3.8) is 0 Å². The lowest BCUT2D eigenvalue weighted by Crippen LogP contribution is -2.28. The van der Waals surface area contributed by atoms with Crippen molar-refractivity contribution >= 4 is 17.4 Å². The van der Waals surface area contributed by atoms with Crippen LogP contribution in [-0.2, 0) is 11.3 Å². The van der Waals surface area contributed by atoms with Crippen LogP contribution >= 0.6 is 11.6 Å². The van der Waals surface area contributed by atoms with Crippen LogP contribution < -0.4 is 0 Å². The number of Topliss-reactive ketones (excluding diaryl/α,β-unsaturated/α-hetero) is 1. The van der Waals surface area contributed by atoms with Crippen molar-refractivity contribution in [1.82, 2.24) is 14.7 Å². The van der Waals surface area contributed by atoms with Crippen molar-refractivity contribution in [3.05, 3.63) is 16.9 Å². The van der Waals surface area contributed by atoms with E-state index >= 15 is 0 Å². The lowest BCUT2D eigenvalue weighted by Gasteiger charge is -2.16. The predicted molar refractivity (Wildman–Crippen MR) is 75.8 cm³/mol. The van der Waals surface area contributed by atoms with Gasteiger partial charge in [0.2, 0.25) is 5.78 Å². The summed E-state index contributed by atoms with van der Waals surface area (Å²) in [5.41, 5.74) is 0.448. The van der Waals surface area contributed by atoms with E-state index in [1.807, 2.05) is 25.9 Å². The van der Waals surface area contributed by atoms with Gasteiger partial charge in [-0.25, -0.2) is 0 Å². The number of rotatable bonds is 8. The maximum Gasteiger partial charge on any atom is 0.211 e. The molecule has 0 spiro atoms. The summed E-state index contributed by atoms with van der Waals surface area (Å²) in [4.78, 5) is 14.5. The average molecular weight is 288 g/mol. The number of aromatic nitrogens is 2. The number of carbonyl (C=O) groups is 1. The highest BCUT2D eigenvalue weighted by molar-refractivity contribution is 6.33. The van der Waals surface area contributed by atoms with Crippen LogP contribution in [0.25, 0.3) is 0 Å². The summed E-state index contributed by atoms with van der Waals surface area (Å²) >= 11 is 6.08. The maximum absolute atomic E-state index is 12.4. The zero-order valence-corrected chi connectivity index (χ0v) is 12.8. The first-order chi connectivity index (χ1) is 9.01. The van der Waals surface area contributed by atoms with E-state index in [-0.39, 0.29) is 5.78 Å². The summed E-state index contributed by atoms with van der Waals surface area (Å²) in [6.07, 6.45) is 2.64. The smallest absolute Gasteiger partial charge is 0.211 e. The molecule has 1 heterocycles. The van der Waals surface area contributed by atoms with Crippen LogP contribution in [0.5, 0.6) is 0 Å². The van der Waals surface area contributed by atoms with Crippen molar-refractivity contribution in [3.8, 4) is 0 Å². The lowest BCUT2D eigenvalue weighted by molar-refractivity contribution is 0.0567. The van der Waals surface area contributed by atoms with Crippen LogP contribution in [-0.4, -0.2) is 54.3 Å². The Hall–Kier alpha value is -0.910. The maximum atomic E-state index is 12.4. The van der Waals surface area contributed by atoms with Gasteiger partial charge in [-0.15, -0.1) is 0 Å². The quantitative estimate of drug-likeness (QED) is 0.687. The molecule has 5 nitrogen and oxygen atoms in total. The topological polar surface area (TPSA) is 47.4 Å². The third-order valence-electron chi connectivity index (χ3n) is 2.92. The molecule has 1 unspecified atom stereocenters. The Morgan fingerprint density at radius 1 is 1.58 bits per heavy atom. The number of hydrogen-bond donors (Lipinski definition) is 0. The molecule has 108 valence electrons. The van der Waals surface area contributed by atoms with Gasteiger partial charge in [0.05, 0.1) is 17.8 Å². The Balaban J connectivity index is 2.91. The summed E-state index contributed by atoms with van der Waals surface area (Å²) in [5, 5.41) is 4.56. The van der Waals surface area contributed by atoms with Crippen LogP contribution in [0.15, 0.2) is 6.20 Å². The first-order valence-electron chi connectivity index (χ1n) is 6.44. The van der Waals surface area contributed by atoms with Crippen LogP contribution in [0, 0.1) is 0 Å².